The molecule has 0 aromatic rings. The van der Waals surface area contributed by atoms with Crippen LogP contribution in [-0.4, -0.2) is 41.7 Å². The number of aliphatic hydroxyl groups is 2. The molecule has 0 aromatic heterocycles. The molecule has 4 N–H and O–H groups in total. The molecule has 4 heteroatoms. The van der Waals surface area contributed by atoms with Crippen molar-refractivity contribution in [3.63, 3.8) is 0 Å². The molecule has 0 radical (unpaired) electrons. The third-order valence-electron chi connectivity index (χ3n) is 1.74. The van der Waals surface area contributed by atoms with Crippen LogP contribution in [0.3, 0.4) is 0 Å². The van der Waals surface area contributed by atoms with Gasteiger partial charge < -0.3 is 20.7 Å². The van der Waals surface area contributed by atoms with Crippen LogP contribution < -0.4 is 5.73 Å². The minimum absolute atomic E-state index is 0.0767. The van der Waals surface area contributed by atoms with E-state index in [0.29, 0.717) is 13.0 Å². The quantitative estimate of drug-likeness (QED) is 0.442. The van der Waals surface area contributed by atoms with Crippen molar-refractivity contribution in [1.29, 1.82) is 0 Å². The largest absolute Gasteiger partial charge is 0.394 e. The molecule has 0 bridgehead atoms. The lowest BCUT2D eigenvalue weighted by Gasteiger charge is -2.09. The highest BCUT2D eigenvalue weighted by Gasteiger charge is 2.32. The summed E-state index contributed by atoms with van der Waals surface area (Å²) in [5, 5.41) is 17.8. The van der Waals surface area contributed by atoms with Crippen molar-refractivity contribution in [1.82, 2.24) is 0 Å². The van der Waals surface area contributed by atoms with Crippen molar-refractivity contribution in [2.45, 2.75) is 24.7 Å². The first-order chi connectivity index (χ1) is 4.77. The first kappa shape index (κ1) is 7.94. The molecule has 3 atom stereocenters. The maximum absolute atomic E-state index is 9.15. The lowest BCUT2D eigenvalue weighted by atomic mass is 10.1. The summed E-state index contributed by atoms with van der Waals surface area (Å²) in [6, 6.07) is 0. The molecule has 1 fully saturated rings. The van der Waals surface area contributed by atoms with Gasteiger partial charge in [0, 0.05) is 13.0 Å². The van der Waals surface area contributed by atoms with E-state index in [-0.39, 0.29) is 12.7 Å². The Labute approximate surface area is 59.6 Å². The van der Waals surface area contributed by atoms with E-state index in [9.17, 15) is 0 Å². The second-order valence-corrected chi connectivity index (χ2v) is 2.52. The molecule has 1 rings (SSSR count). The van der Waals surface area contributed by atoms with E-state index in [4.69, 9.17) is 20.7 Å². The molecule has 0 amide bonds. The number of hydrogen-bond donors (Lipinski definition) is 3. The smallest absolute Gasteiger partial charge is 0.107 e. The summed E-state index contributed by atoms with van der Waals surface area (Å²) in [6.07, 6.45) is -0.499. The third kappa shape index (κ3) is 1.46. The Kier molecular flexibility index (Phi) is 2.62. The molecule has 1 unspecified atom stereocenters. The van der Waals surface area contributed by atoms with Crippen molar-refractivity contribution >= 4 is 0 Å². The van der Waals surface area contributed by atoms with E-state index >= 15 is 0 Å². The van der Waals surface area contributed by atoms with Crippen LogP contribution in [0.25, 0.3) is 0 Å². The number of rotatable bonds is 2. The van der Waals surface area contributed by atoms with Gasteiger partial charge in [0.05, 0.1) is 18.8 Å². The van der Waals surface area contributed by atoms with Gasteiger partial charge in [0.25, 0.3) is 0 Å². The van der Waals surface area contributed by atoms with Crippen LogP contribution in [0.4, 0.5) is 0 Å². The van der Waals surface area contributed by atoms with E-state index in [1.165, 1.54) is 0 Å². The second-order valence-electron chi connectivity index (χ2n) is 2.52. The molecule has 10 heavy (non-hydrogen) atoms. The molecule has 4 nitrogen and oxygen atoms in total. The predicted molar refractivity (Wildman–Crippen MR) is 35.4 cm³/mol. The van der Waals surface area contributed by atoms with Gasteiger partial charge in [0.1, 0.15) is 6.10 Å². The minimum Gasteiger partial charge on any atom is -0.394 e. The first-order valence-electron chi connectivity index (χ1n) is 3.42. The SMILES string of the molecule is NC[C@@H]1CC(O)[C@H](CO)O1. The second kappa shape index (κ2) is 3.30. The summed E-state index contributed by atoms with van der Waals surface area (Å²) in [5.41, 5.74) is 5.30. The van der Waals surface area contributed by atoms with Crippen molar-refractivity contribution in [2.24, 2.45) is 5.73 Å². The predicted octanol–water partition coefficient (Wildman–Crippen LogP) is -1.54. The summed E-state index contributed by atoms with van der Waals surface area (Å²) in [6.45, 7) is 0.283. The van der Waals surface area contributed by atoms with Crippen LogP contribution >= 0.6 is 0 Å². The number of aliphatic hydroxyl groups excluding tert-OH is 2. The first-order valence-corrected chi connectivity index (χ1v) is 3.42. The lowest BCUT2D eigenvalue weighted by Crippen LogP contribution is -2.25. The summed E-state index contributed by atoms with van der Waals surface area (Å²) < 4.78 is 5.15. The van der Waals surface area contributed by atoms with Crippen molar-refractivity contribution in [3.05, 3.63) is 0 Å². The van der Waals surface area contributed by atoms with Crippen LogP contribution in [0.2, 0.25) is 0 Å². The highest BCUT2D eigenvalue weighted by atomic mass is 16.5. The fourth-order valence-corrected chi connectivity index (χ4v) is 1.13. The Balaban J connectivity index is 2.36. The summed E-state index contributed by atoms with van der Waals surface area (Å²) in [4.78, 5) is 0. The minimum atomic E-state index is -0.543. The maximum Gasteiger partial charge on any atom is 0.107 e. The summed E-state index contributed by atoms with van der Waals surface area (Å²) in [7, 11) is 0. The molecule has 0 saturated carbocycles. The standard InChI is InChI=1S/C6H13NO3/c7-2-4-1-5(9)6(3-8)10-4/h4-6,8-9H,1-3,7H2/t4-,5?,6-/m0/s1. The lowest BCUT2D eigenvalue weighted by molar-refractivity contribution is -0.0193. The Bertz CT molecular complexity index is 109. The van der Waals surface area contributed by atoms with Crippen LogP contribution in [0.15, 0.2) is 0 Å². The topological polar surface area (TPSA) is 75.7 Å². The molecule has 1 heterocycles. The normalized spacial score (nSPS) is 40.5. The van der Waals surface area contributed by atoms with E-state index in [0.717, 1.165) is 0 Å². The van der Waals surface area contributed by atoms with Crippen molar-refractivity contribution in [3.8, 4) is 0 Å². The van der Waals surface area contributed by atoms with E-state index < -0.39 is 12.2 Å². The maximum atomic E-state index is 9.15. The number of hydrogen-bond acceptors (Lipinski definition) is 4. The molecule has 1 aliphatic heterocycles. The van der Waals surface area contributed by atoms with Crippen molar-refractivity contribution in [2.75, 3.05) is 13.2 Å². The zero-order valence-electron chi connectivity index (χ0n) is 5.73. The fourth-order valence-electron chi connectivity index (χ4n) is 1.13. The van der Waals surface area contributed by atoms with Gasteiger partial charge in [0.15, 0.2) is 0 Å². The van der Waals surface area contributed by atoms with E-state index in [1.807, 2.05) is 0 Å². The van der Waals surface area contributed by atoms with Gasteiger partial charge in [-0.3, -0.25) is 0 Å². The number of nitrogens with two attached hydrogens (primary N) is 1. The monoisotopic (exact) mass is 147 g/mol. The van der Waals surface area contributed by atoms with Gasteiger partial charge in [-0.2, -0.15) is 0 Å². The van der Waals surface area contributed by atoms with Gasteiger partial charge in [-0.15, -0.1) is 0 Å². The average molecular weight is 147 g/mol. The zero-order chi connectivity index (χ0) is 7.56. The van der Waals surface area contributed by atoms with Gasteiger partial charge in [-0.05, 0) is 0 Å². The van der Waals surface area contributed by atoms with Crippen LogP contribution in [-0.2, 0) is 4.74 Å². The van der Waals surface area contributed by atoms with Gasteiger partial charge in [-0.1, -0.05) is 0 Å². The fraction of sp³-hybridized carbons (Fsp3) is 1.00. The van der Waals surface area contributed by atoms with Crippen molar-refractivity contribution < 1.29 is 14.9 Å². The van der Waals surface area contributed by atoms with Gasteiger partial charge in [0.2, 0.25) is 0 Å². The Morgan fingerprint density at radius 3 is 2.60 bits per heavy atom. The molecule has 60 valence electrons. The van der Waals surface area contributed by atoms with Crippen LogP contribution in [0.5, 0.6) is 0 Å². The highest BCUT2D eigenvalue weighted by molar-refractivity contribution is 4.81. The zero-order valence-corrected chi connectivity index (χ0v) is 5.73. The molecular weight excluding hydrogens is 134 g/mol. The van der Waals surface area contributed by atoms with E-state index in [2.05, 4.69) is 0 Å². The third-order valence-corrected chi connectivity index (χ3v) is 1.74. The average Bonchev–Trinajstić information content (AvgIpc) is 2.30. The van der Waals surface area contributed by atoms with Gasteiger partial charge >= 0.3 is 0 Å². The van der Waals surface area contributed by atoms with E-state index in [1.54, 1.807) is 0 Å². The van der Waals surface area contributed by atoms with Gasteiger partial charge in [-0.25, -0.2) is 0 Å². The molecule has 0 aliphatic carbocycles. The Morgan fingerprint density at radius 1 is 1.60 bits per heavy atom. The molecule has 1 aliphatic rings. The Hall–Kier alpha value is -0.160. The molecular formula is C6H13NO3. The summed E-state index contributed by atoms with van der Waals surface area (Å²) in [5.74, 6) is 0. The molecule has 0 spiro atoms. The number of ether oxygens (including phenoxy) is 1. The highest BCUT2D eigenvalue weighted by Crippen LogP contribution is 2.18. The molecule has 0 aromatic carbocycles. The summed E-state index contributed by atoms with van der Waals surface area (Å²) >= 11 is 0. The molecule has 1 saturated heterocycles. The van der Waals surface area contributed by atoms with Crippen LogP contribution in [0.1, 0.15) is 6.42 Å². The van der Waals surface area contributed by atoms with Crippen LogP contribution in [0, 0.1) is 0 Å². The Morgan fingerprint density at radius 2 is 2.30 bits per heavy atom.